The fourth-order valence-corrected chi connectivity index (χ4v) is 5.78. The van der Waals surface area contributed by atoms with Gasteiger partial charge in [-0.15, -0.1) is 0 Å². The van der Waals surface area contributed by atoms with Gasteiger partial charge in [-0.1, -0.05) is 93.1 Å². The Morgan fingerprint density at radius 1 is 0.980 bits per heavy atom. The first-order chi connectivity index (χ1) is 24.3. The molecule has 5 N–H and O–H groups in total. The number of ether oxygens (including phenoxy) is 2. The molecule has 4 rings (SSSR count). The molecule has 0 bridgehead atoms. The molecule has 51 heavy (non-hydrogen) atoms. The van der Waals surface area contributed by atoms with Crippen LogP contribution in [0.5, 0.6) is 0 Å². The van der Waals surface area contributed by atoms with Gasteiger partial charge in [-0.05, 0) is 55.0 Å². The summed E-state index contributed by atoms with van der Waals surface area (Å²) in [5, 5.41) is 16.0. The standard InChI is InChI=1S/C39H49N5O7/c1-6-25(2)35(33(45)21-34(46)50-23-26-13-8-7-9-14-26)43-36(47)32(20-29-22-41-24-42-29)44(38(49)51-39(3,4)5)37(48)31(40)19-28-17-12-16-27-15-10-11-18-30(27)28/h7-18,22,24-25,31-33,35,45H,6,19-21,23,40H2,1-5H3,(H,41,42)(H,43,47)/t25?,31-,32-,33-,35-/m0/s1. The second kappa shape index (κ2) is 17.7. The highest BCUT2D eigenvalue weighted by Gasteiger charge is 2.42. The normalized spacial score (nSPS) is 14.5. The number of nitrogens with zero attached hydrogens (tertiary/aromatic N) is 2. The number of benzene rings is 3. The minimum absolute atomic E-state index is 0.0322. The van der Waals surface area contributed by atoms with Crippen molar-refractivity contribution in [3.63, 3.8) is 0 Å². The van der Waals surface area contributed by atoms with Gasteiger partial charge in [0.05, 0.1) is 36.6 Å². The van der Waals surface area contributed by atoms with Gasteiger partial charge < -0.3 is 30.6 Å². The number of hydrogen-bond acceptors (Lipinski definition) is 9. The molecule has 12 heteroatoms. The van der Waals surface area contributed by atoms with Gasteiger partial charge in [0.2, 0.25) is 11.8 Å². The summed E-state index contributed by atoms with van der Waals surface area (Å²) >= 11 is 0. The lowest BCUT2D eigenvalue weighted by molar-refractivity contribution is -0.148. The van der Waals surface area contributed by atoms with Crippen LogP contribution < -0.4 is 11.1 Å². The maximum absolute atomic E-state index is 14.4. The van der Waals surface area contributed by atoms with E-state index < -0.39 is 60.1 Å². The van der Waals surface area contributed by atoms with Crippen LogP contribution in [0.3, 0.4) is 0 Å². The zero-order chi connectivity index (χ0) is 37.1. The lowest BCUT2D eigenvalue weighted by Gasteiger charge is -2.35. The summed E-state index contributed by atoms with van der Waals surface area (Å²) in [5.41, 5.74) is 7.52. The molecular weight excluding hydrogens is 650 g/mol. The molecule has 1 heterocycles. The van der Waals surface area contributed by atoms with Crippen LogP contribution in [-0.2, 0) is 43.3 Å². The summed E-state index contributed by atoms with van der Waals surface area (Å²) in [5.74, 6) is -2.53. The number of nitrogens with one attached hydrogen (secondary N) is 2. The van der Waals surface area contributed by atoms with Crippen LogP contribution in [0, 0.1) is 5.92 Å². The molecule has 5 atom stereocenters. The van der Waals surface area contributed by atoms with E-state index in [9.17, 15) is 24.3 Å². The number of amides is 3. The highest BCUT2D eigenvalue weighted by molar-refractivity contribution is 6.00. The molecule has 1 aromatic heterocycles. The predicted octanol–water partition coefficient (Wildman–Crippen LogP) is 4.83. The molecular formula is C39H49N5O7. The molecule has 0 fully saturated rings. The summed E-state index contributed by atoms with van der Waals surface area (Å²) in [6.07, 6.45) is 0.631. The van der Waals surface area contributed by atoms with Gasteiger partial charge in [0, 0.05) is 12.6 Å². The van der Waals surface area contributed by atoms with Crippen molar-refractivity contribution < 1.29 is 33.8 Å². The number of imidazole rings is 1. The third-order valence-electron chi connectivity index (χ3n) is 8.64. The molecule has 0 spiro atoms. The summed E-state index contributed by atoms with van der Waals surface area (Å²) in [6.45, 7) is 8.69. The Labute approximate surface area is 298 Å². The van der Waals surface area contributed by atoms with Gasteiger partial charge in [0.1, 0.15) is 18.2 Å². The highest BCUT2D eigenvalue weighted by atomic mass is 16.6. The quantitative estimate of drug-likeness (QED) is 0.127. The van der Waals surface area contributed by atoms with E-state index in [0.29, 0.717) is 12.1 Å². The first kappa shape index (κ1) is 38.7. The lowest BCUT2D eigenvalue weighted by atomic mass is 9.92. The average molecular weight is 700 g/mol. The number of nitrogens with two attached hydrogens (primary N) is 1. The molecule has 0 saturated heterocycles. The van der Waals surface area contributed by atoms with Gasteiger partial charge in [-0.3, -0.25) is 14.4 Å². The lowest BCUT2D eigenvalue weighted by Crippen LogP contribution is -2.61. The van der Waals surface area contributed by atoms with Crippen molar-refractivity contribution in [2.24, 2.45) is 11.7 Å². The van der Waals surface area contributed by atoms with E-state index in [4.69, 9.17) is 15.2 Å². The van der Waals surface area contributed by atoms with Crippen molar-refractivity contribution in [1.29, 1.82) is 0 Å². The minimum Gasteiger partial charge on any atom is -0.461 e. The number of carbonyl (C=O) groups is 4. The number of hydrogen-bond donors (Lipinski definition) is 4. The van der Waals surface area contributed by atoms with Crippen molar-refractivity contribution in [2.75, 3.05) is 0 Å². The van der Waals surface area contributed by atoms with E-state index in [1.54, 1.807) is 27.0 Å². The molecule has 0 radical (unpaired) electrons. The number of H-pyrrole nitrogens is 1. The van der Waals surface area contributed by atoms with Crippen LogP contribution >= 0.6 is 0 Å². The topological polar surface area (TPSA) is 177 Å². The van der Waals surface area contributed by atoms with Gasteiger partial charge in [0.15, 0.2) is 0 Å². The third kappa shape index (κ3) is 11.0. The Morgan fingerprint density at radius 2 is 1.67 bits per heavy atom. The smallest absolute Gasteiger partial charge is 0.417 e. The fraction of sp³-hybridized carbons (Fsp3) is 0.410. The van der Waals surface area contributed by atoms with Crippen LogP contribution in [0.4, 0.5) is 4.79 Å². The molecule has 12 nitrogen and oxygen atoms in total. The summed E-state index contributed by atoms with van der Waals surface area (Å²) in [4.78, 5) is 63.2. The molecule has 4 aromatic rings. The first-order valence-corrected chi connectivity index (χ1v) is 17.2. The maximum atomic E-state index is 14.4. The number of imide groups is 1. The van der Waals surface area contributed by atoms with E-state index in [-0.39, 0.29) is 25.4 Å². The Kier molecular flexibility index (Phi) is 13.5. The van der Waals surface area contributed by atoms with Crippen LogP contribution in [0.25, 0.3) is 10.8 Å². The second-order valence-corrected chi connectivity index (χ2v) is 13.8. The largest absolute Gasteiger partial charge is 0.461 e. The van der Waals surface area contributed by atoms with E-state index in [0.717, 1.165) is 26.8 Å². The zero-order valence-electron chi connectivity index (χ0n) is 29.9. The number of fused-ring (bicyclic) bond motifs is 1. The van der Waals surface area contributed by atoms with Crippen LogP contribution in [0.15, 0.2) is 85.3 Å². The summed E-state index contributed by atoms with van der Waals surface area (Å²) < 4.78 is 11.1. The minimum atomic E-state index is -1.47. The van der Waals surface area contributed by atoms with Crippen molar-refractivity contribution in [1.82, 2.24) is 20.2 Å². The predicted molar refractivity (Wildman–Crippen MR) is 193 cm³/mol. The number of aromatic amines is 1. The summed E-state index contributed by atoms with van der Waals surface area (Å²) in [6, 6.07) is 18.9. The molecule has 0 aliphatic heterocycles. The van der Waals surface area contributed by atoms with Gasteiger partial charge >= 0.3 is 12.1 Å². The number of rotatable bonds is 15. The fourth-order valence-electron chi connectivity index (χ4n) is 5.78. The van der Waals surface area contributed by atoms with Gasteiger partial charge in [-0.2, -0.15) is 0 Å². The Morgan fingerprint density at radius 3 is 2.33 bits per heavy atom. The Hall–Kier alpha value is -5.07. The highest BCUT2D eigenvalue weighted by Crippen LogP contribution is 2.23. The number of aliphatic hydroxyl groups is 1. The zero-order valence-corrected chi connectivity index (χ0v) is 29.9. The molecule has 0 saturated carbocycles. The van der Waals surface area contributed by atoms with E-state index in [1.165, 1.54) is 6.33 Å². The van der Waals surface area contributed by atoms with E-state index in [2.05, 4.69) is 15.3 Å². The van der Waals surface area contributed by atoms with Crippen LogP contribution in [0.2, 0.25) is 0 Å². The van der Waals surface area contributed by atoms with E-state index in [1.807, 2.05) is 86.6 Å². The molecule has 0 aliphatic rings. The van der Waals surface area contributed by atoms with Crippen molar-refractivity contribution in [2.45, 2.75) is 96.7 Å². The third-order valence-corrected chi connectivity index (χ3v) is 8.64. The van der Waals surface area contributed by atoms with Crippen molar-refractivity contribution in [3.05, 3.63) is 102 Å². The van der Waals surface area contributed by atoms with Crippen molar-refractivity contribution >= 4 is 34.6 Å². The average Bonchev–Trinajstić information content (AvgIpc) is 3.62. The van der Waals surface area contributed by atoms with Crippen molar-refractivity contribution in [3.8, 4) is 0 Å². The number of carbonyl (C=O) groups excluding carboxylic acids is 4. The number of esters is 1. The Balaban J connectivity index is 1.63. The van der Waals surface area contributed by atoms with Gasteiger partial charge in [-0.25, -0.2) is 14.7 Å². The number of aliphatic hydroxyl groups excluding tert-OH is 1. The Bertz CT molecular complexity index is 1750. The molecule has 1 unspecified atom stereocenters. The van der Waals surface area contributed by atoms with Gasteiger partial charge in [0.25, 0.3) is 0 Å². The molecule has 3 amide bonds. The van der Waals surface area contributed by atoms with Crippen LogP contribution in [0.1, 0.15) is 64.3 Å². The monoisotopic (exact) mass is 699 g/mol. The SMILES string of the molecule is CCC(C)[C@H](NC(=O)[C@H](Cc1c[nH]cn1)N(C(=O)OC(C)(C)C)C(=O)[C@@H](N)Cc1cccc2ccccc12)[C@@H](O)CC(=O)OCc1ccccc1. The van der Waals surface area contributed by atoms with Crippen LogP contribution in [-0.4, -0.2) is 73.7 Å². The second-order valence-electron chi connectivity index (χ2n) is 13.8. The van der Waals surface area contributed by atoms with E-state index >= 15 is 0 Å². The molecule has 3 aromatic carbocycles. The summed E-state index contributed by atoms with van der Waals surface area (Å²) in [7, 11) is 0. The molecule has 272 valence electrons. The maximum Gasteiger partial charge on any atom is 0.417 e. The first-order valence-electron chi connectivity index (χ1n) is 17.2. The number of aromatic nitrogens is 2. The molecule has 0 aliphatic carbocycles.